The number of benzene rings is 1. The zero-order valence-electron chi connectivity index (χ0n) is 8.98. The molecule has 0 radical (unpaired) electrons. The highest BCUT2D eigenvalue weighted by Crippen LogP contribution is 2.08. The van der Waals surface area contributed by atoms with E-state index in [4.69, 9.17) is 4.55 Å². The molecule has 0 aliphatic rings. The van der Waals surface area contributed by atoms with Crippen LogP contribution in [-0.4, -0.2) is 27.1 Å². The van der Waals surface area contributed by atoms with Gasteiger partial charge < -0.3 is 0 Å². The van der Waals surface area contributed by atoms with E-state index in [0.29, 0.717) is 0 Å². The van der Waals surface area contributed by atoms with Gasteiger partial charge in [0.2, 0.25) is 0 Å². The Kier molecular flexibility index (Phi) is 6.11. The second-order valence-corrected chi connectivity index (χ2v) is 4.21. The first-order valence-corrected chi connectivity index (χ1v) is 5.73. The maximum atomic E-state index is 10.5. The Bertz CT molecular complexity index is 371. The van der Waals surface area contributed by atoms with Crippen molar-refractivity contribution < 1.29 is 13.0 Å². The Hall–Kier alpha value is -0.950. The summed E-state index contributed by atoms with van der Waals surface area (Å²) in [5, 5.41) is 0. The molecule has 15 heavy (non-hydrogen) atoms. The average Bonchev–Trinajstić information content (AvgIpc) is 2.17. The molecule has 0 aliphatic carbocycles. The van der Waals surface area contributed by atoms with E-state index in [0.717, 1.165) is 5.56 Å². The zero-order valence-corrected chi connectivity index (χ0v) is 9.80. The van der Waals surface area contributed by atoms with Crippen LogP contribution >= 0.6 is 0 Å². The Morgan fingerprint density at radius 2 is 1.47 bits per heavy atom. The summed E-state index contributed by atoms with van der Waals surface area (Å²) >= 11 is 0. The molecule has 0 heterocycles. The maximum absolute atomic E-state index is 10.5. The van der Waals surface area contributed by atoms with Crippen molar-refractivity contribution in [2.45, 2.75) is 11.8 Å². The minimum Gasteiger partial charge on any atom is -0.282 e. The molecule has 3 N–H and O–H groups in total. The molecule has 0 saturated carbocycles. The summed E-state index contributed by atoms with van der Waals surface area (Å²) in [5.41, 5.74) is 6.32. The molecule has 0 spiro atoms. The van der Waals surface area contributed by atoms with Crippen molar-refractivity contribution in [3.8, 4) is 0 Å². The lowest BCUT2D eigenvalue weighted by molar-refractivity contribution is 0.483. The molecular formula is C9H16N2O3S. The van der Waals surface area contributed by atoms with E-state index in [1.807, 2.05) is 21.0 Å². The molecule has 0 saturated heterocycles. The van der Waals surface area contributed by atoms with Crippen molar-refractivity contribution in [3.63, 3.8) is 0 Å². The Balaban J connectivity index is 0.000000423. The fraction of sp³-hybridized carbons (Fsp3) is 0.333. The molecule has 6 heteroatoms. The van der Waals surface area contributed by atoms with Gasteiger partial charge in [0.1, 0.15) is 0 Å². The smallest absolute Gasteiger partial charge is 0.282 e. The van der Waals surface area contributed by atoms with E-state index in [-0.39, 0.29) is 4.90 Å². The summed E-state index contributed by atoms with van der Waals surface area (Å²) in [6.45, 7) is 1.84. The van der Waals surface area contributed by atoms with Crippen molar-refractivity contribution in [2.24, 2.45) is 0 Å². The molecule has 0 aromatic heterocycles. The second kappa shape index (κ2) is 6.52. The van der Waals surface area contributed by atoms with Crippen molar-refractivity contribution in [3.05, 3.63) is 29.8 Å². The highest BCUT2D eigenvalue weighted by atomic mass is 32.2. The predicted octanol–water partition coefficient (Wildman–Crippen LogP) is 0.582. The van der Waals surface area contributed by atoms with Gasteiger partial charge in [-0.3, -0.25) is 15.4 Å². The molecule has 0 bridgehead atoms. The summed E-state index contributed by atoms with van der Waals surface area (Å²) in [6.07, 6.45) is 0. The topological polar surface area (TPSA) is 78.4 Å². The largest absolute Gasteiger partial charge is 0.294 e. The SMILES string of the molecule is CNNC.Cc1ccc(S(=O)(=O)O)cc1. The molecular weight excluding hydrogens is 216 g/mol. The molecule has 0 fully saturated rings. The maximum Gasteiger partial charge on any atom is 0.294 e. The third-order valence-electron chi connectivity index (χ3n) is 1.57. The van der Waals surface area contributed by atoms with Gasteiger partial charge >= 0.3 is 0 Å². The van der Waals surface area contributed by atoms with Crippen LogP contribution in [-0.2, 0) is 10.1 Å². The van der Waals surface area contributed by atoms with Gasteiger partial charge in [-0.1, -0.05) is 17.7 Å². The number of hydrazine groups is 1. The van der Waals surface area contributed by atoms with Gasteiger partial charge in [0, 0.05) is 0 Å². The van der Waals surface area contributed by atoms with Crippen molar-refractivity contribution in [2.75, 3.05) is 14.1 Å². The molecule has 0 amide bonds. The van der Waals surface area contributed by atoms with Gasteiger partial charge in [-0.05, 0) is 33.2 Å². The van der Waals surface area contributed by atoms with Crippen LogP contribution in [0.5, 0.6) is 0 Å². The normalized spacial score (nSPS) is 10.4. The summed E-state index contributed by atoms with van der Waals surface area (Å²) in [5.74, 6) is 0. The van der Waals surface area contributed by atoms with Gasteiger partial charge in [0.25, 0.3) is 10.1 Å². The molecule has 1 aromatic carbocycles. The number of nitrogens with one attached hydrogen (secondary N) is 2. The molecule has 5 nitrogen and oxygen atoms in total. The van der Waals surface area contributed by atoms with Crippen LogP contribution in [0.15, 0.2) is 29.2 Å². The molecule has 0 atom stereocenters. The van der Waals surface area contributed by atoms with Crippen LogP contribution in [0.4, 0.5) is 0 Å². The van der Waals surface area contributed by atoms with Crippen LogP contribution < -0.4 is 10.9 Å². The molecule has 1 rings (SSSR count). The highest BCUT2D eigenvalue weighted by Gasteiger charge is 2.06. The summed E-state index contributed by atoms with van der Waals surface area (Å²) in [6, 6.07) is 5.99. The fourth-order valence-corrected chi connectivity index (χ4v) is 1.19. The number of hydrogen-bond donors (Lipinski definition) is 3. The first kappa shape index (κ1) is 14.1. The summed E-state index contributed by atoms with van der Waals surface area (Å²) in [4.78, 5) is -0.0666. The second-order valence-electron chi connectivity index (χ2n) is 2.79. The van der Waals surface area contributed by atoms with Crippen LogP contribution in [0.2, 0.25) is 0 Å². The van der Waals surface area contributed by atoms with E-state index in [1.165, 1.54) is 12.1 Å². The minimum absolute atomic E-state index is 0.0666. The highest BCUT2D eigenvalue weighted by molar-refractivity contribution is 7.85. The lowest BCUT2D eigenvalue weighted by Crippen LogP contribution is -2.21. The van der Waals surface area contributed by atoms with Gasteiger partial charge in [0.15, 0.2) is 0 Å². The molecule has 0 aliphatic heterocycles. The summed E-state index contributed by atoms with van der Waals surface area (Å²) in [7, 11) is -0.381. The monoisotopic (exact) mass is 232 g/mol. The van der Waals surface area contributed by atoms with E-state index in [9.17, 15) is 8.42 Å². The Morgan fingerprint density at radius 3 is 1.73 bits per heavy atom. The van der Waals surface area contributed by atoms with Crippen molar-refractivity contribution in [1.82, 2.24) is 10.9 Å². The van der Waals surface area contributed by atoms with E-state index in [1.54, 1.807) is 12.1 Å². The van der Waals surface area contributed by atoms with Crippen molar-refractivity contribution in [1.29, 1.82) is 0 Å². The van der Waals surface area contributed by atoms with E-state index < -0.39 is 10.1 Å². The van der Waals surface area contributed by atoms with E-state index in [2.05, 4.69) is 10.9 Å². The van der Waals surface area contributed by atoms with Gasteiger partial charge in [-0.15, -0.1) is 0 Å². The lowest BCUT2D eigenvalue weighted by Gasteiger charge is -1.95. The van der Waals surface area contributed by atoms with Crippen LogP contribution in [0.1, 0.15) is 5.56 Å². The number of hydrogen-bond acceptors (Lipinski definition) is 4. The Labute approximate surface area is 90.2 Å². The van der Waals surface area contributed by atoms with E-state index >= 15 is 0 Å². The van der Waals surface area contributed by atoms with Crippen LogP contribution in [0, 0.1) is 6.92 Å². The van der Waals surface area contributed by atoms with Gasteiger partial charge in [0.05, 0.1) is 4.90 Å². The first-order valence-electron chi connectivity index (χ1n) is 4.29. The zero-order chi connectivity index (χ0) is 11.9. The van der Waals surface area contributed by atoms with Crippen LogP contribution in [0.3, 0.4) is 0 Å². The molecule has 0 unspecified atom stereocenters. The predicted molar refractivity (Wildman–Crippen MR) is 59.1 cm³/mol. The van der Waals surface area contributed by atoms with Crippen LogP contribution in [0.25, 0.3) is 0 Å². The molecule has 86 valence electrons. The molecule has 1 aromatic rings. The third-order valence-corrected chi connectivity index (χ3v) is 2.44. The Morgan fingerprint density at radius 1 is 1.07 bits per heavy atom. The van der Waals surface area contributed by atoms with Gasteiger partial charge in [-0.25, -0.2) is 0 Å². The van der Waals surface area contributed by atoms with Gasteiger partial charge in [-0.2, -0.15) is 8.42 Å². The quantitative estimate of drug-likeness (QED) is 0.513. The standard InChI is InChI=1S/C7H8O3S.C2H8N2/c1-6-2-4-7(5-3-6)11(8,9)10;1-3-4-2/h2-5H,1H3,(H,8,9,10);3-4H,1-2H3. The average molecular weight is 232 g/mol. The third kappa shape index (κ3) is 6.19. The summed E-state index contributed by atoms with van der Waals surface area (Å²) < 4.78 is 29.6. The lowest BCUT2D eigenvalue weighted by atomic mass is 10.2. The fourth-order valence-electron chi connectivity index (χ4n) is 0.710. The van der Waals surface area contributed by atoms with Crippen molar-refractivity contribution >= 4 is 10.1 Å². The minimum atomic E-state index is -4.02. The number of aryl methyl sites for hydroxylation is 1. The first-order chi connectivity index (χ1) is 6.91. The number of rotatable bonds is 2.